The van der Waals surface area contributed by atoms with E-state index in [0.717, 1.165) is 0 Å². The second-order valence-corrected chi connectivity index (χ2v) is 2.66. The molecule has 0 spiro atoms. The molecule has 1 aliphatic heterocycles. The monoisotopic (exact) mass is 200 g/mol. The van der Waals surface area contributed by atoms with Gasteiger partial charge in [-0.15, -0.1) is 11.6 Å². The van der Waals surface area contributed by atoms with E-state index in [0.29, 0.717) is 17.8 Å². The number of allylic oxidation sites excluding steroid dienone is 1. The third-order valence-electron chi connectivity index (χ3n) is 1.50. The van der Waals surface area contributed by atoms with Crippen LogP contribution in [0, 0.1) is 0 Å². The summed E-state index contributed by atoms with van der Waals surface area (Å²) >= 11 is 5.38. The summed E-state index contributed by atoms with van der Waals surface area (Å²) in [4.78, 5) is 19.6. The number of hydrogen-bond donors (Lipinski definition) is 0. The molecule has 0 aromatic heterocycles. The van der Waals surface area contributed by atoms with Gasteiger partial charge in [0, 0.05) is 12.6 Å². The van der Waals surface area contributed by atoms with Gasteiger partial charge in [-0.3, -0.25) is 9.79 Å². The number of oxime groups is 1. The Bertz CT molecular complexity index is 295. The summed E-state index contributed by atoms with van der Waals surface area (Å²) in [6.45, 7) is 0. The molecule has 70 valence electrons. The van der Waals surface area contributed by atoms with Crippen molar-refractivity contribution in [1.82, 2.24) is 0 Å². The highest BCUT2D eigenvalue weighted by Crippen LogP contribution is 2.03. The van der Waals surface area contributed by atoms with E-state index >= 15 is 0 Å². The fourth-order valence-electron chi connectivity index (χ4n) is 0.917. The smallest absolute Gasteiger partial charge is 0.192 e. The summed E-state index contributed by atoms with van der Waals surface area (Å²) in [5.74, 6) is -0.220. The van der Waals surface area contributed by atoms with Crippen LogP contribution in [0.1, 0.15) is 6.42 Å². The van der Waals surface area contributed by atoms with Crippen LogP contribution in [0.4, 0.5) is 0 Å². The molecule has 0 N–H and O–H groups in total. The molecule has 0 amide bonds. The van der Waals surface area contributed by atoms with E-state index < -0.39 is 0 Å². The van der Waals surface area contributed by atoms with Crippen molar-refractivity contribution >= 4 is 28.8 Å². The van der Waals surface area contributed by atoms with Crippen molar-refractivity contribution in [3.05, 3.63) is 12.3 Å². The number of aliphatic imine (C=N–C) groups is 1. The van der Waals surface area contributed by atoms with Crippen LogP contribution >= 0.6 is 11.6 Å². The first-order valence-corrected chi connectivity index (χ1v) is 4.23. The minimum absolute atomic E-state index is 0.0487. The molecule has 0 aliphatic carbocycles. The molecule has 0 saturated carbocycles. The molecule has 0 aromatic carbocycles. The normalized spacial score (nSPS) is 18.6. The zero-order valence-corrected chi connectivity index (χ0v) is 7.91. The highest BCUT2D eigenvalue weighted by atomic mass is 35.5. The molecule has 0 aromatic rings. The Labute approximate surface area is 80.9 Å². The third-order valence-corrected chi connectivity index (χ3v) is 1.74. The molecule has 0 saturated heterocycles. The summed E-state index contributed by atoms with van der Waals surface area (Å²) in [5, 5.41) is 3.70. The molecule has 0 fully saturated rings. The van der Waals surface area contributed by atoms with E-state index in [1.165, 1.54) is 13.3 Å². The van der Waals surface area contributed by atoms with Gasteiger partial charge in [-0.2, -0.15) is 0 Å². The van der Waals surface area contributed by atoms with Crippen LogP contribution in [0.5, 0.6) is 0 Å². The molecule has 0 atom stereocenters. The first kappa shape index (κ1) is 9.92. The first-order chi connectivity index (χ1) is 6.27. The van der Waals surface area contributed by atoms with Crippen LogP contribution in [-0.2, 0) is 9.63 Å². The van der Waals surface area contributed by atoms with E-state index in [-0.39, 0.29) is 11.7 Å². The Morgan fingerprint density at radius 3 is 3.23 bits per heavy atom. The van der Waals surface area contributed by atoms with Crippen LogP contribution in [-0.4, -0.2) is 30.2 Å². The van der Waals surface area contributed by atoms with Gasteiger partial charge >= 0.3 is 0 Å². The van der Waals surface area contributed by atoms with Gasteiger partial charge in [0.05, 0.1) is 17.3 Å². The van der Waals surface area contributed by atoms with E-state index in [1.54, 1.807) is 6.08 Å². The summed E-state index contributed by atoms with van der Waals surface area (Å²) in [7, 11) is 1.45. The third kappa shape index (κ3) is 2.66. The molecule has 4 nitrogen and oxygen atoms in total. The molecular weight excluding hydrogens is 192 g/mol. The standard InChI is InChI=1S/C8H9ClN2O2/c1-13-11-6-2-3-10-7(4-6)8(12)5-9/h2-3H,4-5H2,1H3. The second kappa shape index (κ2) is 4.77. The minimum Gasteiger partial charge on any atom is -0.399 e. The van der Waals surface area contributed by atoms with Crippen LogP contribution in [0.3, 0.4) is 0 Å². The van der Waals surface area contributed by atoms with Crippen molar-refractivity contribution in [3.63, 3.8) is 0 Å². The molecular formula is C8H9ClN2O2. The SMILES string of the molecule is CON=C1C=CN=C(C(=O)CCl)C1. The molecule has 13 heavy (non-hydrogen) atoms. The van der Waals surface area contributed by atoms with E-state index in [4.69, 9.17) is 11.6 Å². The fourth-order valence-corrected chi connectivity index (χ4v) is 1.07. The Balaban J connectivity index is 2.71. The van der Waals surface area contributed by atoms with E-state index in [1.807, 2.05) is 0 Å². The van der Waals surface area contributed by atoms with Crippen molar-refractivity contribution < 1.29 is 9.63 Å². The number of nitrogens with zero attached hydrogens (tertiary/aromatic N) is 2. The summed E-state index contributed by atoms with van der Waals surface area (Å²) in [6, 6.07) is 0. The number of ketones is 1. The van der Waals surface area contributed by atoms with Gasteiger partial charge in [-0.25, -0.2) is 0 Å². The van der Waals surface area contributed by atoms with Crippen molar-refractivity contribution in [1.29, 1.82) is 0 Å². The lowest BCUT2D eigenvalue weighted by molar-refractivity contribution is -0.110. The van der Waals surface area contributed by atoms with Gasteiger partial charge < -0.3 is 4.84 Å². The number of halogens is 1. The average Bonchev–Trinajstić information content (AvgIpc) is 2.18. The summed E-state index contributed by atoms with van der Waals surface area (Å²) in [5.41, 5.74) is 1.10. The van der Waals surface area contributed by atoms with Crippen molar-refractivity contribution in [3.8, 4) is 0 Å². The number of carbonyl (C=O) groups is 1. The van der Waals surface area contributed by atoms with Gasteiger partial charge in [0.1, 0.15) is 7.11 Å². The lowest BCUT2D eigenvalue weighted by Gasteiger charge is -2.06. The minimum atomic E-state index is -0.171. The molecule has 0 unspecified atom stereocenters. The van der Waals surface area contributed by atoms with Crippen LogP contribution in [0.25, 0.3) is 0 Å². The van der Waals surface area contributed by atoms with E-state index in [2.05, 4.69) is 15.0 Å². The van der Waals surface area contributed by atoms with Gasteiger partial charge in [-0.1, -0.05) is 5.16 Å². The Morgan fingerprint density at radius 1 is 1.85 bits per heavy atom. The molecule has 5 heteroatoms. The van der Waals surface area contributed by atoms with Crippen molar-refractivity contribution in [2.75, 3.05) is 13.0 Å². The zero-order chi connectivity index (χ0) is 9.68. The molecule has 1 rings (SSSR count). The number of rotatable bonds is 3. The predicted octanol–water partition coefficient (Wildman–Crippen LogP) is 1.16. The highest BCUT2D eigenvalue weighted by molar-refractivity contribution is 6.51. The van der Waals surface area contributed by atoms with E-state index in [9.17, 15) is 4.79 Å². The molecule has 0 radical (unpaired) electrons. The summed E-state index contributed by atoms with van der Waals surface area (Å²) < 4.78 is 0. The van der Waals surface area contributed by atoms with Crippen LogP contribution < -0.4 is 0 Å². The quantitative estimate of drug-likeness (QED) is 0.507. The van der Waals surface area contributed by atoms with Gasteiger partial charge in [0.25, 0.3) is 0 Å². The maximum absolute atomic E-state index is 11.1. The Morgan fingerprint density at radius 2 is 2.62 bits per heavy atom. The lowest BCUT2D eigenvalue weighted by Crippen LogP contribution is -2.20. The number of Topliss-reactive ketones (excluding diaryl/α,β-unsaturated/α-hetero) is 1. The maximum Gasteiger partial charge on any atom is 0.192 e. The average molecular weight is 201 g/mol. The maximum atomic E-state index is 11.1. The number of alkyl halides is 1. The Hall–Kier alpha value is -1.16. The topological polar surface area (TPSA) is 51.0 Å². The number of hydrogen-bond acceptors (Lipinski definition) is 4. The van der Waals surface area contributed by atoms with Crippen LogP contribution in [0.15, 0.2) is 22.4 Å². The first-order valence-electron chi connectivity index (χ1n) is 3.70. The molecule has 1 heterocycles. The number of carbonyl (C=O) groups excluding carboxylic acids is 1. The predicted molar refractivity (Wildman–Crippen MR) is 51.4 cm³/mol. The summed E-state index contributed by atoms with van der Waals surface area (Å²) in [6.07, 6.45) is 3.59. The highest BCUT2D eigenvalue weighted by Gasteiger charge is 2.14. The fraction of sp³-hybridized carbons (Fsp3) is 0.375. The van der Waals surface area contributed by atoms with Gasteiger partial charge in [0.15, 0.2) is 5.78 Å². The largest absolute Gasteiger partial charge is 0.399 e. The molecule has 1 aliphatic rings. The molecule has 0 bridgehead atoms. The second-order valence-electron chi connectivity index (χ2n) is 2.39. The van der Waals surface area contributed by atoms with Gasteiger partial charge in [-0.05, 0) is 6.08 Å². The van der Waals surface area contributed by atoms with Crippen LogP contribution in [0.2, 0.25) is 0 Å². The zero-order valence-electron chi connectivity index (χ0n) is 7.16. The Kier molecular flexibility index (Phi) is 3.64. The van der Waals surface area contributed by atoms with Crippen molar-refractivity contribution in [2.45, 2.75) is 6.42 Å². The van der Waals surface area contributed by atoms with Crippen molar-refractivity contribution in [2.24, 2.45) is 10.1 Å². The van der Waals surface area contributed by atoms with Gasteiger partial charge in [0.2, 0.25) is 0 Å². The lowest BCUT2D eigenvalue weighted by atomic mass is 10.1.